The predicted molar refractivity (Wildman–Crippen MR) is 80.7 cm³/mol. The molecule has 0 aliphatic heterocycles. The molecule has 120 valence electrons. The van der Waals surface area contributed by atoms with Crippen molar-refractivity contribution in [1.29, 1.82) is 0 Å². The molecule has 4 rings (SSSR count). The molecule has 0 saturated heterocycles. The van der Waals surface area contributed by atoms with Crippen LogP contribution in [0.5, 0.6) is 0 Å². The summed E-state index contributed by atoms with van der Waals surface area (Å²) in [5.41, 5.74) is 0.284. The van der Waals surface area contributed by atoms with Crippen LogP contribution < -0.4 is 0 Å². The molecule has 1 unspecified atom stereocenters. The number of aliphatic hydroxyl groups is 1. The lowest BCUT2D eigenvalue weighted by Crippen LogP contribution is -2.48. The number of hydrogen-bond donors (Lipinski definition) is 1. The van der Waals surface area contributed by atoms with Gasteiger partial charge in [-0.3, -0.25) is 4.79 Å². The molecule has 4 fully saturated rings. The van der Waals surface area contributed by atoms with Gasteiger partial charge in [-0.2, -0.15) is 0 Å². The van der Waals surface area contributed by atoms with Gasteiger partial charge in [0.25, 0.3) is 0 Å². The molecule has 21 heavy (non-hydrogen) atoms. The van der Waals surface area contributed by atoms with Crippen LogP contribution in [-0.2, 0) is 9.53 Å². The number of nitrogens with zero attached hydrogens (tertiary/aromatic N) is 1. The van der Waals surface area contributed by atoms with E-state index in [2.05, 4.69) is 0 Å². The van der Waals surface area contributed by atoms with Gasteiger partial charge in [0.2, 0.25) is 5.91 Å². The number of carbonyl (C=O) groups is 1. The van der Waals surface area contributed by atoms with Crippen molar-refractivity contribution in [2.75, 3.05) is 27.3 Å². The van der Waals surface area contributed by atoms with Crippen molar-refractivity contribution >= 4 is 5.91 Å². The first kappa shape index (κ1) is 15.3. The number of hydrogen-bond acceptors (Lipinski definition) is 3. The summed E-state index contributed by atoms with van der Waals surface area (Å²) < 4.78 is 4.93. The van der Waals surface area contributed by atoms with Gasteiger partial charge in [0, 0.05) is 27.1 Å². The molecule has 1 N–H and O–H groups in total. The Kier molecular flexibility index (Phi) is 4.28. The molecule has 0 aromatic rings. The van der Waals surface area contributed by atoms with Crippen molar-refractivity contribution in [3.05, 3.63) is 0 Å². The highest BCUT2D eigenvalue weighted by atomic mass is 16.5. The Bertz CT molecular complexity index is 360. The van der Waals surface area contributed by atoms with Gasteiger partial charge < -0.3 is 14.7 Å². The van der Waals surface area contributed by atoms with Crippen LogP contribution in [0.2, 0.25) is 0 Å². The molecular formula is C17H29NO3. The molecular weight excluding hydrogens is 266 g/mol. The summed E-state index contributed by atoms with van der Waals surface area (Å²) in [6.45, 7) is 0.661. The molecule has 0 heterocycles. The van der Waals surface area contributed by atoms with Crippen LogP contribution in [0.3, 0.4) is 0 Å². The lowest BCUT2D eigenvalue weighted by molar-refractivity contribution is -0.139. The normalized spacial score (nSPS) is 38.5. The Hall–Kier alpha value is -0.610. The van der Waals surface area contributed by atoms with Crippen LogP contribution in [0, 0.1) is 23.2 Å². The summed E-state index contributed by atoms with van der Waals surface area (Å²) in [5.74, 6) is 2.85. The van der Waals surface area contributed by atoms with Crippen LogP contribution in [0.1, 0.15) is 44.9 Å². The topological polar surface area (TPSA) is 49.8 Å². The lowest BCUT2D eigenvalue weighted by atomic mass is 9.49. The summed E-state index contributed by atoms with van der Waals surface area (Å²) in [5, 5.41) is 9.78. The van der Waals surface area contributed by atoms with Crippen LogP contribution >= 0.6 is 0 Å². The zero-order valence-electron chi connectivity index (χ0n) is 13.4. The minimum absolute atomic E-state index is 0.201. The van der Waals surface area contributed by atoms with Crippen LogP contribution in [0.4, 0.5) is 0 Å². The molecule has 0 aromatic carbocycles. The van der Waals surface area contributed by atoms with Gasteiger partial charge in [0.15, 0.2) is 0 Å². The van der Waals surface area contributed by atoms with E-state index in [-0.39, 0.29) is 17.9 Å². The maximum Gasteiger partial charge on any atom is 0.222 e. The van der Waals surface area contributed by atoms with Gasteiger partial charge in [-0.05, 0) is 61.7 Å². The number of likely N-dealkylation sites (N-methyl/N-ethyl adjacent to an activating group) is 1. The van der Waals surface area contributed by atoms with Crippen LogP contribution in [0.15, 0.2) is 0 Å². The van der Waals surface area contributed by atoms with Gasteiger partial charge in [0.05, 0.1) is 12.7 Å². The molecule has 0 radical (unpaired) electrons. The summed E-state index contributed by atoms with van der Waals surface area (Å²) in [6, 6.07) is 0. The number of carbonyl (C=O) groups excluding carboxylic acids is 1. The molecule has 1 amide bonds. The second-order valence-electron chi connectivity index (χ2n) is 7.98. The van der Waals surface area contributed by atoms with E-state index in [9.17, 15) is 9.90 Å². The van der Waals surface area contributed by atoms with Crippen molar-refractivity contribution in [1.82, 2.24) is 4.90 Å². The first-order valence-corrected chi connectivity index (χ1v) is 8.40. The summed E-state index contributed by atoms with van der Waals surface area (Å²) in [4.78, 5) is 14.2. The SMILES string of the molecule is COCC(O)CN(C)C(=O)CC12CC3CC(CC(C3)C1)C2. The number of methoxy groups -OCH3 is 1. The number of amides is 1. The maximum absolute atomic E-state index is 12.5. The number of rotatable bonds is 6. The molecule has 4 aliphatic carbocycles. The molecule has 1 atom stereocenters. The quantitative estimate of drug-likeness (QED) is 0.816. The van der Waals surface area contributed by atoms with Gasteiger partial charge in [0.1, 0.15) is 0 Å². The van der Waals surface area contributed by atoms with Gasteiger partial charge in [-0.15, -0.1) is 0 Å². The van der Waals surface area contributed by atoms with Crippen LogP contribution in [-0.4, -0.2) is 49.3 Å². The van der Waals surface area contributed by atoms with E-state index < -0.39 is 6.10 Å². The highest BCUT2D eigenvalue weighted by molar-refractivity contribution is 5.76. The average molecular weight is 295 g/mol. The van der Waals surface area contributed by atoms with Crippen molar-refractivity contribution in [2.45, 2.75) is 51.0 Å². The van der Waals surface area contributed by atoms with E-state index in [0.29, 0.717) is 13.0 Å². The Labute approximate surface area is 127 Å². The standard InChI is InChI=1S/C17H29NO3/c1-18(10-15(19)11-21-2)16(20)9-17-6-12-3-13(7-17)5-14(4-12)8-17/h12-15,19H,3-11H2,1-2H3. The molecule has 4 saturated carbocycles. The summed E-state index contributed by atoms with van der Waals surface area (Å²) in [7, 11) is 3.38. The van der Waals surface area contributed by atoms with E-state index >= 15 is 0 Å². The third-order valence-corrected chi connectivity index (χ3v) is 5.96. The molecule has 4 bridgehead atoms. The third kappa shape index (κ3) is 3.26. The van der Waals surface area contributed by atoms with Crippen molar-refractivity contribution < 1.29 is 14.6 Å². The summed E-state index contributed by atoms with van der Waals surface area (Å²) in [6.07, 6.45) is 8.13. The van der Waals surface area contributed by atoms with Crippen molar-refractivity contribution in [3.8, 4) is 0 Å². The fourth-order valence-electron chi connectivity index (χ4n) is 5.63. The fourth-order valence-corrected chi connectivity index (χ4v) is 5.63. The monoisotopic (exact) mass is 295 g/mol. The van der Waals surface area contributed by atoms with Crippen LogP contribution in [0.25, 0.3) is 0 Å². The summed E-state index contributed by atoms with van der Waals surface area (Å²) >= 11 is 0. The smallest absolute Gasteiger partial charge is 0.222 e. The van der Waals surface area contributed by atoms with Crippen molar-refractivity contribution in [2.24, 2.45) is 23.2 Å². The second-order valence-corrected chi connectivity index (χ2v) is 7.98. The molecule has 0 aromatic heterocycles. The zero-order valence-corrected chi connectivity index (χ0v) is 13.4. The molecule has 4 nitrogen and oxygen atoms in total. The fraction of sp³-hybridized carbons (Fsp3) is 0.941. The Morgan fingerprint density at radius 2 is 1.76 bits per heavy atom. The molecule has 4 aliphatic rings. The second kappa shape index (κ2) is 5.88. The highest BCUT2D eigenvalue weighted by Crippen LogP contribution is 2.61. The first-order valence-electron chi connectivity index (χ1n) is 8.40. The minimum atomic E-state index is -0.583. The number of aliphatic hydroxyl groups excluding tert-OH is 1. The Balaban J connectivity index is 1.57. The highest BCUT2D eigenvalue weighted by Gasteiger charge is 2.51. The van der Waals surface area contributed by atoms with Gasteiger partial charge in [-0.25, -0.2) is 0 Å². The maximum atomic E-state index is 12.5. The molecule has 4 heteroatoms. The zero-order chi connectivity index (χ0) is 15.0. The number of ether oxygens (including phenoxy) is 1. The van der Waals surface area contributed by atoms with Gasteiger partial charge in [-0.1, -0.05) is 0 Å². The minimum Gasteiger partial charge on any atom is -0.389 e. The lowest BCUT2D eigenvalue weighted by Gasteiger charge is -2.56. The average Bonchev–Trinajstić information content (AvgIpc) is 2.36. The predicted octanol–water partition coefficient (Wildman–Crippen LogP) is 2.06. The van der Waals surface area contributed by atoms with E-state index in [1.807, 2.05) is 7.05 Å². The van der Waals surface area contributed by atoms with E-state index in [0.717, 1.165) is 17.8 Å². The van der Waals surface area contributed by atoms with Crippen molar-refractivity contribution in [3.63, 3.8) is 0 Å². The Morgan fingerprint density at radius 3 is 2.24 bits per heavy atom. The largest absolute Gasteiger partial charge is 0.389 e. The Morgan fingerprint density at radius 1 is 1.24 bits per heavy atom. The van der Waals surface area contributed by atoms with E-state index in [1.165, 1.54) is 38.5 Å². The third-order valence-electron chi connectivity index (χ3n) is 5.96. The van der Waals surface area contributed by atoms with E-state index in [4.69, 9.17) is 4.74 Å². The molecule has 0 spiro atoms. The van der Waals surface area contributed by atoms with Gasteiger partial charge >= 0.3 is 0 Å². The first-order chi connectivity index (χ1) is 9.99. The van der Waals surface area contributed by atoms with E-state index in [1.54, 1.807) is 12.0 Å².